The van der Waals surface area contributed by atoms with E-state index in [1.54, 1.807) is 23.1 Å². The first-order valence-electron chi connectivity index (χ1n) is 5.38. The average Bonchev–Trinajstić information content (AvgIpc) is 2.83. The first kappa shape index (κ1) is 13.1. The second kappa shape index (κ2) is 5.54. The van der Waals surface area contributed by atoms with E-state index < -0.39 is 0 Å². The first-order chi connectivity index (χ1) is 8.11. The molecule has 0 aromatic carbocycles. The lowest BCUT2D eigenvalue weighted by Crippen LogP contribution is -2.01. The van der Waals surface area contributed by atoms with Crippen LogP contribution < -0.4 is 0 Å². The number of aryl methyl sites for hydroxylation is 3. The molecule has 0 N–H and O–H groups in total. The zero-order chi connectivity index (χ0) is 12.4. The van der Waals surface area contributed by atoms with E-state index in [1.807, 2.05) is 18.5 Å². The maximum atomic E-state index is 4.49. The minimum Gasteiger partial charge on any atom is -0.268 e. The highest BCUT2D eigenvalue weighted by Crippen LogP contribution is 2.30. The predicted molar refractivity (Wildman–Crippen MR) is 76.8 cm³/mol. The van der Waals surface area contributed by atoms with Crippen LogP contribution >= 0.6 is 39.0 Å². The molecule has 0 bridgehead atoms. The van der Waals surface area contributed by atoms with Gasteiger partial charge >= 0.3 is 0 Å². The molecule has 92 valence electrons. The summed E-state index contributed by atoms with van der Waals surface area (Å²) < 4.78 is 4.29. The van der Waals surface area contributed by atoms with Crippen LogP contribution in [-0.2, 0) is 12.3 Å². The molecule has 2 rings (SSSR count). The Balaban J connectivity index is 2.13. The van der Waals surface area contributed by atoms with Crippen LogP contribution in [-0.4, -0.2) is 14.8 Å². The Labute approximate surface area is 118 Å². The third kappa shape index (κ3) is 2.92. The first-order valence-corrected chi connectivity index (χ1v) is 8.04. The molecule has 0 aliphatic carbocycles. The van der Waals surface area contributed by atoms with Gasteiger partial charge in [-0.15, -0.1) is 11.3 Å². The highest BCUT2D eigenvalue weighted by molar-refractivity contribution is 9.10. The molecule has 2 aromatic heterocycles. The summed E-state index contributed by atoms with van der Waals surface area (Å²) in [4.78, 5) is 4.45. The van der Waals surface area contributed by atoms with Gasteiger partial charge in [-0.25, -0.2) is 4.98 Å². The zero-order valence-electron chi connectivity index (χ0n) is 10.0. The van der Waals surface area contributed by atoms with Gasteiger partial charge in [0, 0.05) is 23.4 Å². The second-order valence-corrected chi connectivity index (χ2v) is 6.58. The molecule has 3 nitrogen and oxygen atoms in total. The van der Waals surface area contributed by atoms with Gasteiger partial charge in [0.2, 0.25) is 0 Å². The summed E-state index contributed by atoms with van der Waals surface area (Å²) in [5.74, 6) is 0.905. The maximum absolute atomic E-state index is 4.49. The Morgan fingerprint density at radius 2 is 2.24 bits per heavy atom. The highest BCUT2D eigenvalue weighted by Gasteiger charge is 2.12. The Hall–Kier alpha value is -0.330. The molecule has 0 aliphatic rings. The van der Waals surface area contributed by atoms with Crippen molar-refractivity contribution in [1.29, 1.82) is 0 Å². The summed E-state index contributed by atoms with van der Waals surface area (Å²) in [6.45, 7) is 7.06. The Morgan fingerprint density at radius 3 is 2.82 bits per heavy atom. The summed E-state index contributed by atoms with van der Waals surface area (Å²) in [5.41, 5.74) is 3.39. The fraction of sp³-hybridized carbons (Fsp3) is 0.455. The minimum atomic E-state index is 0.902. The van der Waals surface area contributed by atoms with Crippen molar-refractivity contribution < 1.29 is 0 Å². The quantitative estimate of drug-likeness (QED) is 0.792. The number of nitrogens with zero attached hydrogens (tertiary/aromatic N) is 3. The predicted octanol–water partition coefficient (Wildman–Crippen LogP) is 4.03. The molecule has 2 aromatic rings. The number of thiazole rings is 1. The Morgan fingerprint density at radius 1 is 1.47 bits per heavy atom. The van der Waals surface area contributed by atoms with Crippen molar-refractivity contribution in [3.8, 4) is 0 Å². The van der Waals surface area contributed by atoms with Crippen molar-refractivity contribution in [2.24, 2.45) is 0 Å². The van der Waals surface area contributed by atoms with E-state index in [1.165, 1.54) is 5.69 Å². The third-order valence-electron chi connectivity index (χ3n) is 2.38. The monoisotopic (exact) mass is 331 g/mol. The number of rotatable bonds is 4. The van der Waals surface area contributed by atoms with E-state index in [0.29, 0.717) is 0 Å². The largest absolute Gasteiger partial charge is 0.268 e. The summed E-state index contributed by atoms with van der Waals surface area (Å²) in [5, 5.41) is 6.57. The van der Waals surface area contributed by atoms with Gasteiger partial charge in [-0.1, -0.05) is 11.8 Å². The summed E-state index contributed by atoms with van der Waals surface area (Å²) in [7, 11) is 0. The second-order valence-electron chi connectivity index (χ2n) is 3.71. The zero-order valence-corrected chi connectivity index (χ0v) is 13.2. The number of aromatic nitrogens is 3. The summed E-state index contributed by atoms with van der Waals surface area (Å²) >= 11 is 7.08. The lowest BCUT2D eigenvalue weighted by Gasteiger charge is -2.03. The molecule has 0 amide bonds. The van der Waals surface area contributed by atoms with Crippen molar-refractivity contribution in [3.05, 3.63) is 26.9 Å². The number of thioether (sulfide) groups is 1. The lowest BCUT2D eigenvalue weighted by atomic mass is 10.4. The van der Waals surface area contributed by atoms with Crippen LogP contribution in [0.2, 0.25) is 0 Å². The van der Waals surface area contributed by atoms with Crippen molar-refractivity contribution in [2.75, 3.05) is 0 Å². The van der Waals surface area contributed by atoms with Crippen molar-refractivity contribution >= 4 is 39.0 Å². The molecule has 17 heavy (non-hydrogen) atoms. The molecule has 0 fully saturated rings. The van der Waals surface area contributed by atoms with Crippen molar-refractivity contribution in [3.63, 3.8) is 0 Å². The van der Waals surface area contributed by atoms with E-state index >= 15 is 0 Å². The van der Waals surface area contributed by atoms with Crippen LogP contribution in [0.3, 0.4) is 0 Å². The van der Waals surface area contributed by atoms with Crippen molar-refractivity contribution in [2.45, 2.75) is 37.4 Å². The summed E-state index contributed by atoms with van der Waals surface area (Å²) in [6, 6.07) is 0. The normalized spacial score (nSPS) is 11.1. The maximum Gasteiger partial charge on any atom is 0.150 e. The van der Waals surface area contributed by atoms with E-state index in [4.69, 9.17) is 0 Å². The fourth-order valence-electron chi connectivity index (χ4n) is 1.54. The molecule has 0 aliphatic heterocycles. The van der Waals surface area contributed by atoms with Crippen LogP contribution in [0, 0.1) is 13.8 Å². The molecular formula is C11H14BrN3S2. The van der Waals surface area contributed by atoms with E-state index in [-0.39, 0.29) is 0 Å². The number of hydrogen-bond acceptors (Lipinski definition) is 4. The Bertz CT molecular complexity index is 519. The van der Waals surface area contributed by atoms with E-state index in [2.05, 4.69) is 38.3 Å². The highest BCUT2D eigenvalue weighted by atomic mass is 79.9. The van der Waals surface area contributed by atoms with E-state index in [0.717, 1.165) is 32.5 Å². The van der Waals surface area contributed by atoms with Gasteiger partial charge < -0.3 is 0 Å². The molecular weight excluding hydrogens is 318 g/mol. The molecule has 0 spiro atoms. The van der Waals surface area contributed by atoms with Gasteiger partial charge in [0.25, 0.3) is 0 Å². The third-order valence-corrected chi connectivity index (χ3v) is 5.56. The topological polar surface area (TPSA) is 30.7 Å². The molecule has 2 heterocycles. The molecule has 0 saturated carbocycles. The SMILES string of the molecule is CCn1nc(C)c(Br)c1CSc1nc(C)cs1. The molecule has 0 saturated heterocycles. The minimum absolute atomic E-state index is 0.902. The Kier molecular flexibility index (Phi) is 4.27. The smallest absolute Gasteiger partial charge is 0.150 e. The van der Waals surface area contributed by atoms with E-state index in [9.17, 15) is 0 Å². The number of hydrogen-bond donors (Lipinski definition) is 0. The molecule has 0 unspecified atom stereocenters. The van der Waals surface area contributed by atoms with Crippen LogP contribution in [0.25, 0.3) is 0 Å². The van der Waals surface area contributed by atoms with Gasteiger partial charge in [0.05, 0.1) is 15.9 Å². The number of halogens is 1. The molecule has 0 atom stereocenters. The fourth-order valence-corrected chi connectivity index (χ4v) is 4.02. The lowest BCUT2D eigenvalue weighted by molar-refractivity contribution is 0.631. The van der Waals surface area contributed by atoms with Gasteiger partial charge in [0.15, 0.2) is 0 Å². The van der Waals surface area contributed by atoms with Gasteiger partial charge in [0.1, 0.15) is 4.34 Å². The van der Waals surface area contributed by atoms with Gasteiger partial charge in [-0.05, 0) is 36.7 Å². The average molecular weight is 332 g/mol. The van der Waals surface area contributed by atoms with Crippen LogP contribution in [0.4, 0.5) is 0 Å². The standard InChI is InChI=1S/C11H14BrN3S2/c1-4-15-9(10(12)8(3)14-15)6-17-11-13-7(2)5-16-11/h5H,4,6H2,1-3H3. The molecule has 6 heteroatoms. The molecule has 0 radical (unpaired) electrons. The van der Waals surface area contributed by atoms with Crippen LogP contribution in [0.5, 0.6) is 0 Å². The van der Waals surface area contributed by atoms with Gasteiger partial charge in [-0.2, -0.15) is 5.10 Å². The summed E-state index contributed by atoms with van der Waals surface area (Å²) in [6.07, 6.45) is 0. The van der Waals surface area contributed by atoms with Crippen LogP contribution in [0.1, 0.15) is 24.0 Å². The van der Waals surface area contributed by atoms with Gasteiger partial charge in [-0.3, -0.25) is 4.68 Å². The van der Waals surface area contributed by atoms with Crippen molar-refractivity contribution in [1.82, 2.24) is 14.8 Å². The van der Waals surface area contributed by atoms with Crippen LogP contribution in [0.15, 0.2) is 14.2 Å².